The molecule has 1 aromatic heterocycles. The Morgan fingerprint density at radius 3 is 2.52 bits per heavy atom. The van der Waals surface area contributed by atoms with Crippen molar-refractivity contribution in [3.63, 3.8) is 0 Å². The van der Waals surface area contributed by atoms with Crippen molar-refractivity contribution in [3.05, 3.63) is 71.2 Å². The van der Waals surface area contributed by atoms with Gasteiger partial charge in [0, 0.05) is 22.2 Å². The predicted molar refractivity (Wildman–Crippen MR) is 115 cm³/mol. The maximum absolute atomic E-state index is 13.5. The van der Waals surface area contributed by atoms with Gasteiger partial charge in [0.2, 0.25) is 0 Å². The summed E-state index contributed by atoms with van der Waals surface area (Å²) in [4.78, 5) is 43.6. The number of amides is 3. The highest BCUT2D eigenvalue weighted by Crippen LogP contribution is 2.35. The van der Waals surface area contributed by atoms with E-state index in [2.05, 4.69) is 10.3 Å². The summed E-state index contributed by atoms with van der Waals surface area (Å²) < 4.78 is 13.5. The smallest absolute Gasteiger partial charge is 0.325 e. The molecule has 0 radical (unpaired) electrons. The van der Waals surface area contributed by atoms with Crippen molar-refractivity contribution in [1.82, 2.24) is 15.2 Å². The van der Waals surface area contributed by atoms with E-state index in [0.29, 0.717) is 29.7 Å². The molecule has 31 heavy (non-hydrogen) atoms. The van der Waals surface area contributed by atoms with Crippen LogP contribution in [0.5, 0.6) is 0 Å². The van der Waals surface area contributed by atoms with Gasteiger partial charge < -0.3 is 10.3 Å². The number of aryl methyl sites for hydroxylation is 1. The van der Waals surface area contributed by atoms with Crippen molar-refractivity contribution in [3.8, 4) is 0 Å². The minimum absolute atomic E-state index is 0.316. The van der Waals surface area contributed by atoms with Crippen LogP contribution in [0.2, 0.25) is 0 Å². The zero-order valence-electron chi connectivity index (χ0n) is 17.5. The van der Waals surface area contributed by atoms with Crippen LogP contribution in [0.1, 0.15) is 47.8 Å². The molecule has 4 rings (SSSR count). The molecule has 1 saturated heterocycles. The van der Waals surface area contributed by atoms with E-state index >= 15 is 0 Å². The van der Waals surface area contributed by atoms with Crippen LogP contribution < -0.4 is 5.32 Å². The van der Waals surface area contributed by atoms with Gasteiger partial charge >= 0.3 is 6.03 Å². The number of ketones is 1. The Balaban J connectivity index is 1.67. The number of benzene rings is 2. The van der Waals surface area contributed by atoms with Crippen molar-refractivity contribution in [2.24, 2.45) is 0 Å². The third kappa shape index (κ3) is 3.50. The molecule has 3 aromatic rings. The van der Waals surface area contributed by atoms with Gasteiger partial charge in [-0.1, -0.05) is 50.1 Å². The summed E-state index contributed by atoms with van der Waals surface area (Å²) in [6.45, 7) is 3.42. The third-order valence-electron chi connectivity index (χ3n) is 5.89. The fraction of sp³-hybridized carbons (Fsp3) is 0.292. The highest BCUT2D eigenvalue weighted by Gasteiger charge is 2.52. The fourth-order valence-electron chi connectivity index (χ4n) is 4.31. The molecule has 0 saturated carbocycles. The second-order valence-electron chi connectivity index (χ2n) is 7.93. The molecule has 2 N–H and O–H groups in total. The lowest BCUT2D eigenvalue weighted by molar-refractivity contribution is -0.131. The molecule has 0 spiro atoms. The van der Waals surface area contributed by atoms with E-state index in [9.17, 15) is 18.8 Å². The van der Waals surface area contributed by atoms with E-state index in [1.165, 1.54) is 24.3 Å². The molecule has 1 aliphatic rings. The number of urea groups is 1. The Kier molecular flexibility index (Phi) is 5.35. The van der Waals surface area contributed by atoms with E-state index in [0.717, 1.165) is 22.2 Å². The molecule has 0 bridgehead atoms. The number of imide groups is 1. The van der Waals surface area contributed by atoms with Crippen LogP contribution in [0.25, 0.3) is 10.9 Å². The average Bonchev–Trinajstić information content (AvgIpc) is 3.21. The number of aromatic amines is 1. The Hall–Kier alpha value is -3.48. The quantitative estimate of drug-likeness (QED) is 0.437. The fourth-order valence-corrected chi connectivity index (χ4v) is 4.31. The van der Waals surface area contributed by atoms with Gasteiger partial charge in [-0.2, -0.15) is 0 Å². The Bertz CT molecular complexity index is 1170. The molecule has 3 amide bonds. The predicted octanol–water partition coefficient (Wildman–Crippen LogP) is 4.44. The summed E-state index contributed by atoms with van der Waals surface area (Å²) in [5, 5.41) is 3.55. The Labute approximate surface area is 179 Å². The number of para-hydroxylation sites is 1. The number of hydrogen-bond donors (Lipinski definition) is 2. The minimum Gasteiger partial charge on any atom is -0.358 e. The molecule has 7 heteroatoms. The first-order chi connectivity index (χ1) is 14.9. The van der Waals surface area contributed by atoms with Crippen molar-refractivity contribution in [2.45, 2.75) is 38.6 Å². The number of aromatic nitrogens is 1. The van der Waals surface area contributed by atoms with Crippen LogP contribution in [0, 0.1) is 12.7 Å². The standard InChI is InChI=1S/C24H24FN3O3/c1-3-4-13-24(16-9-11-17(25)12-10-16)22(30)28(23(31)27-24)14-20(29)21-15(2)26-19-8-6-5-7-18(19)21/h5-12,26H,3-4,13-14H2,1-2H3,(H,27,31)/t24-/m0/s1. The van der Waals surface area contributed by atoms with Crippen LogP contribution in [0.15, 0.2) is 48.5 Å². The number of hydrogen-bond acceptors (Lipinski definition) is 3. The van der Waals surface area contributed by atoms with E-state index in [-0.39, 0.29) is 12.3 Å². The maximum Gasteiger partial charge on any atom is 0.325 e. The van der Waals surface area contributed by atoms with Crippen molar-refractivity contribution in [2.75, 3.05) is 6.54 Å². The highest BCUT2D eigenvalue weighted by molar-refractivity contribution is 6.15. The number of carbonyl (C=O) groups excluding carboxylic acids is 3. The number of fused-ring (bicyclic) bond motifs is 1. The third-order valence-corrected chi connectivity index (χ3v) is 5.89. The number of nitrogens with zero attached hydrogens (tertiary/aromatic N) is 1. The number of H-pyrrole nitrogens is 1. The van der Waals surface area contributed by atoms with Gasteiger partial charge in [0.05, 0.1) is 6.54 Å². The second-order valence-corrected chi connectivity index (χ2v) is 7.93. The zero-order valence-corrected chi connectivity index (χ0v) is 17.5. The number of rotatable bonds is 7. The number of Topliss-reactive ketones (excluding diaryl/α,β-unsaturated/α-hetero) is 1. The summed E-state index contributed by atoms with van der Waals surface area (Å²) in [7, 11) is 0. The van der Waals surface area contributed by atoms with Crippen LogP contribution in [-0.2, 0) is 10.3 Å². The number of nitrogens with one attached hydrogen (secondary N) is 2. The molecule has 1 aliphatic heterocycles. The van der Waals surface area contributed by atoms with Crippen LogP contribution >= 0.6 is 0 Å². The molecule has 1 fully saturated rings. The van der Waals surface area contributed by atoms with Crippen molar-refractivity contribution in [1.29, 1.82) is 0 Å². The van der Waals surface area contributed by atoms with Gasteiger partial charge in [-0.15, -0.1) is 0 Å². The van der Waals surface area contributed by atoms with Crippen LogP contribution in [0.4, 0.5) is 9.18 Å². The maximum atomic E-state index is 13.5. The first kappa shape index (κ1) is 20.8. The van der Waals surface area contributed by atoms with Crippen LogP contribution in [0.3, 0.4) is 0 Å². The summed E-state index contributed by atoms with van der Waals surface area (Å²) in [5.74, 6) is -1.22. The van der Waals surface area contributed by atoms with Gasteiger partial charge in [-0.05, 0) is 37.1 Å². The molecule has 0 unspecified atom stereocenters. The van der Waals surface area contributed by atoms with Gasteiger partial charge in [0.25, 0.3) is 5.91 Å². The minimum atomic E-state index is -1.30. The summed E-state index contributed by atoms with van der Waals surface area (Å²) >= 11 is 0. The van der Waals surface area contributed by atoms with E-state index in [1.807, 2.05) is 31.2 Å². The van der Waals surface area contributed by atoms with Crippen LogP contribution in [-0.4, -0.2) is 34.2 Å². The first-order valence-electron chi connectivity index (χ1n) is 10.4. The lowest BCUT2D eigenvalue weighted by atomic mass is 9.84. The second kappa shape index (κ2) is 7.98. The van der Waals surface area contributed by atoms with Gasteiger partial charge in [0.15, 0.2) is 5.78 Å². The Morgan fingerprint density at radius 1 is 1.10 bits per heavy atom. The van der Waals surface area contributed by atoms with E-state index in [1.54, 1.807) is 6.92 Å². The molecule has 0 aliphatic carbocycles. The monoisotopic (exact) mass is 421 g/mol. The first-order valence-corrected chi connectivity index (χ1v) is 10.4. The molecular formula is C24H24FN3O3. The summed E-state index contributed by atoms with van der Waals surface area (Å²) in [5.41, 5.74) is 1.21. The molecule has 160 valence electrons. The lowest BCUT2D eigenvalue weighted by Crippen LogP contribution is -2.44. The number of carbonyl (C=O) groups is 3. The molecular weight excluding hydrogens is 397 g/mol. The number of unbranched alkanes of at least 4 members (excludes halogenated alkanes) is 1. The average molecular weight is 421 g/mol. The summed E-state index contributed by atoms with van der Waals surface area (Å²) in [6.07, 6.45) is 1.88. The van der Waals surface area contributed by atoms with E-state index in [4.69, 9.17) is 0 Å². The summed E-state index contributed by atoms with van der Waals surface area (Å²) in [6, 6.07) is 12.4. The molecule has 6 nitrogen and oxygen atoms in total. The molecule has 2 aromatic carbocycles. The van der Waals surface area contributed by atoms with E-state index < -0.39 is 23.3 Å². The lowest BCUT2D eigenvalue weighted by Gasteiger charge is -2.27. The molecule has 1 atom stereocenters. The zero-order chi connectivity index (χ0) is 22.2. The van der Waals surface area contributed by atoms with Gasteiger partial charge in [-0.25, -0.2) is 9.18 Å². The van der Waals surface area contributed by atoms with Gasteiger partial charge in [-0.3, -0.25) is 14.5 Å². The largest absolute Gasteiger partial charge is 0.358 e. The topological polar surface area (TPSA) is 82.3 Å². The van der Waals surface area contributed by atoms with Crippen molar-refractivity contribution < 1.29 is 18.8 Å². The number of halogens is 1. The SMILES string of the molecule is CCCC[C@@]1(c2ccc(F)cc2)NC(=O)N(CC(=O)c2c(C)[nH]c3ccccc23)C1=O. The van der Waals surface area contributed by atoms with Gasteiger partial charge in [0.1, 0.15) is 11.4 Å². The normalized spacial score (nSPS) is 18.6. The van der Waals surface area contributed by atoms with Crippen molar-refractivity contribution >= 4 is 28.6 Å². The highest BCUT2D eigenvalue weighted by atomic mass is 19.1. The molecule has 2 heterocycles. The Morgan fingerprint density at radius 2 is 1.81 bits per heavy atom.